The molecule has 0 spiro atoms. The Morgan fingerprint density at radius 2 is 1.81 bits per heavy atom. The van der Waals surface area contributed by atoms with Gasteiger partial charge in [0.15, 0.2) is 11.2 Å². The number of esters is 1. The van der Waals surface area contributed by atoms with Gasteiger partial charge in [0.05, 0.1) is 32.3 Å². The van der Waals surface area contributed by atoms with Crippen molar-refractivity contribution in [3.8, 4) is 17.9 Å². The van der Waals surface area contributed by atoms with Crippen LogP contribution >= 0.6 is 0 Å². The quantitative estimate of drug-likeness (QED) is 0.604. The maximum absolute atomic E-state index is 13.1. The number of nitrogens with zero attached hydrogens (tertiary/aromatic N) is 2. The molecule has 1 aliphatic carbocycles. The minimum Gasteiger partial charge on any atom is -0.497 e. The Morgan fingerprint density at radius 3 is 2.30 bits per heavy atom. The Labute approximate surface area is 157 Å². The zero-order chi connectivity index (χ0) is 20.2. The summed E-state index contributed by atoms with van der Waals surface area (Å²) in [4.78, 5) is 25.1. The van der Waals surface area contributed by atoms with Crippen molar-refractivity contribution in [2.24, 2.45) is 5.41 Å². The molecule has 2 rings (SSSR count). The Morgan fingerprint density at radius 1 is 1.22 bits per heavy atom. The Kier molecular flexibility index (Phi) is 5.68. The van der Waals surface area contributed by atoms with Crippen LogP contribution in [-0.4, -0.2) is 36.2 Å². The van der Waals surface area contributed by atoms with E-state index >= 15 is 0 Å². The Hall–Kier alpha value is -3.16. The second-order valence-electron chi connectivity index (χ2n) is 6.40. The average Bonchev–Trinajstić information content (AvgIpc) is 2.87. The molecule has 7 nitrogen and oxygen atoms in total. The SMILES string of the molecule is CCOC(=O)CC1=C(C(=O)c2ccc(OC)cc2)C(C)(O)C(C#N)(C#N)C1. The van der Waals surface area contributed by atoms with E-state index in [-0.39, 0.29) is 36.2 Å². The van der Waals surface area contributed by atoms with Gasteiger partial charge in [-0.15, -0.1) is 0 Å². The molecular weight excluding hydrogens is 348 g/mol. The molecule has 140 valence electrons. The topological polar surface area (TPSA) is 120 Å². The molecule has 1 atom stereocenters. The number of ketones is 1. The molecule has 1 aromatic rings. The van der Waals surface area contributed by atoms with Gasteiger partial charge < -0.3 is 14.6 Å². The summed E-state index contributed by atoms with van der Waals surface area (Å²) in [7, 11) is 1.49. The number of carbonyl (C=O) groups is 2. The highest BCUT2D eigenvalue weighted by Crippen LogP contribution is 2.51. The van der Waals surface area contributed by atoms with Crippen LogP contribution in [0.25, 0.3) is 0 Å². The normalized spacial score (nSPS) is 20.5. The van der Waals surface area contributed by atoms with E-state index in [4.69, 9.17) is 9.47 Å². The third-order valence-corrected chi connectivity index (χ3v) is 4.77. The van der Waals surface area contributed by atoms with Crippen LogP contribution in [0.4, 0.5) is 0 Å². The lowest BCUT2D eigenvalue weighted by Crippen LogP contribution is -2.43. The van der Waals surface area contributed by atoms with Crippen molar-refractivity contribution in [3.63, 3.8) is 0 Å². The van der Waals surface area contributed by atoms with Crippen LogP contribution < -0.4 is 4.74 Å². The van der Waals surface area contributed by atoms with Crippen molar-refractivity contribution in [1.82, 2.24) is 0 Å². The number of hydrogen-bond acceptors (Lipinski definition) is 7. The molecule has 0 amide bonds. The first-order valence-corrected chi connectivity index (χ1v) is 8.38. The van der Waals surface area contributed by atoms with Crippen molar-refractivity contribution in [1.29, 1.82) is 10.5 Å². The molecule has 27 heavy (non-hydrogen) atoms. The fraction of sp³-hybridized carbons (Fsp3) is 0.400. The van der Waals surface area contributed by atoms with Crippen LogP contribution in [0, 0.1) is 28.1 Å². The average molecular weight is 368 g/mol. The van der Waals surface area contributed by atoms with Gasteiger partial charge in [0.2, 0.25) is 0 Å². The highest BCUT2D eigenvalue weighted by Gasteiger charge is 2.59. The van der Waals surface area contributed by atoms with Crippen molar-refractivity contribution in [2.45, 2.75) is 32.3 Å². The summed E-state index contributed by atoms with van der Waals surface area (Å²) < 4.78 is 9.99. The molecule has 0 heterocycles. The predicted molar refractivity (Wildman–Crippen MR) is 94.5 cm³/mol. The van der Waals surface area contributed by atoms with E-state index in [9.17, 15) is 25.2 Å². The molecule has 0 aromatic heterocycles. The van der Waals surface area contributed by atoms with E-state index in [1.54, 1.807) is 19.1 Å². The van der Waals surface area contributed by atoms with E-state index in [0.717, 1.165) is 0 Å². The monoisotopic (exact) mass is 368 g/mol. The standard InChI is InChI=1S/C20H20N2O5/c1-4-27-16(23)9-14-10-20(11-21,12-22)19(2,25)17(14)18(24)13-5-7-15(26-3)8-6-13/h5-8,25H,4,9-10H2,1-3H3. The maximum atomic E-state index is 13.1. The molecule has 1 N–H and O–H groups in total. The van der Waals surface area contributed by atoms with Gasteiger partial charge in [-0.3, -0.25) is 9.59 Å². The van der Waals surface area contributed by atoms with Gasteiger partial charge in [-0.05, 0) is 43.7 Å². The minimum absolute atomic E-state index is 0.108. The number of nitriles is 2. The van der Waals surface area contributed by atoms with Gasteiger partial charge in [0.1, 0.15) is 11.4 Å². The van der Waals surface area contributed by atoms with Gasteiger partial charge in [-0.1, -0.05) is 0 Å². The number of Topliss-reactive ketones (excluding diaryl/α,β-unsaturated/α-hetero) is 1. The Bertz CT molecular complexity index is 855. The summed E-state index contributed by atoms with van der Waals surface area (Å²) in [6, 6.07) is 9.87. The van der Waals surface area contributed by atoms with E-state index < -0.39 is 22.8 Å². The van der Waals surface area contributed by atoms with E-state index in [1.165, 1.54) is 26.2 Å². The molecule has 0 saturated carbocycles. The number of aliphatic hydroxyl groups is 1. The maximum Gasteiger partial charge on any atom is 0.309 e. The lowest BCUT2D eigenvalue weighted by atomic mass is 9.73. The first-order chi connectivity index (χ1) is 12.8. The molecule has 1 aliphatic rings. The summed E-state index contributed by atoms with van der Waals surface area (Å²) in [6.07, 6.45) is -0.477. The molecular formula is C20H20N2O5. The highest BCUT2D eigenvalue weighted by atomic mass is 16.5. The first-order valence-electron chi connectivity index (χ1n) is 8.38. The summed E-state index contributed by atoms with van der Waals surface area (Å²) in [6.45, 7) is 3.07. The van der Waals surface area contributed by atoms with E-state index in [0.29, 0.717) is 5.75 Å². The van der Waals surface area contributed by atoms with Crippen LogP contribution in [-0.2, 0) is 9.53 Å². The van der Waals surface area contributed by atoms with Gasteiger partial charge in [0, 0.05) is 17.6 Å². The number of hydrogen-bond donors (Lipinski definition) is 1. The second-order valence-corrected chi connectivity index (χ2v) is 6.40. The predicted octanol–water partition coefficient (Wildman–Crippen LogP) is 2.32. The number of ether oxygens (including phenoxy) is 2. The third-order valence-electron chi connectivity index (χ3n) is 4.77. The molecule has 0 bridgehead atoms. The van der Waals surface area contributed by atoms with Crippen LogP contribution in [0.3, 0.4) is 0 Å². The minimum atomic E-state index is -2.03. The first kappa shape index (κ1) is 20.2. The zero-order valence-electron chi connectivity index (χ0n) is 15.4. The van der Waals surface area contributed by atoms with Crippen LogP contribution in [0.2, 0.25) is 0 Å². The molecule has 7 heteroatoms. The summed E-state index contributed by atoms with van der Waals surface area (Å²) in [5.74, 6) is -0.585. The molecule has 0 fully saturated rings. The van der Waals surface area contributed by atoms with Gasteiger partial charge >= 0.3 is 5.97 Å². The summed E-state index contributed by atoms with van der Waals surface area (Å²) in [5, 5.41) is 30.1. The molecule has 0 saturated heterocycles. The smallest absolute Gasteiger partial charge is 0.309 e. The highest BCUT2D eigenvalue weighted by molar-refractivity contribution is 6.11. The molecule has 1 unspecified atom stereocenters. The number of methoxy groups -OCH3 is 1. The van der Waals surface area contributed by atoms with Crippen molar-refractivity contribution >= 4 is 11.8 Å². The zero-order valence-corrected chi connectivity index (χ0v) is 15.4. The number of carbonyl (C=O) groups excluding carboxylic acids is 2. The van der Waals surface area contributed by atoms with E-state index in [2.05, 4.69) is 0 Å². The van der Waals surface area contributed by atoms with Crippen molar-refractivity contribution < 1.29 is 24.2 Å². The van der Waals surface area contributed by atoms with Crippen molar-refractivity contribution in [3.05, 3.63) is 41.0 Å². The van der Waals surface area contributed by atoms with Gasteiger partial charge in [0.25, 0.3) is 0 Å². The van der Waals surface area contributed by atoms with Crippen LogP contribution in [0.15, 0.2) is 35.4 Å². The largest absolute Gasteiger partial charge is 0.497 e. The molecule has 0 aliphatic heterocycles. The van der Waals surface area contributed by atoms with Crippen LogP contribution in [0.1, 0.15) is 37.0 Å². The lowest BCUT2D eigenvalue weighted by Gasteiger charge is -2.30. The van der Waals surface area contributed by atoms with E-state index in [1.807, 2.05) is 12.1 Å². The summed E-state index contributed by atoms with van der Waals surface area (Å²) in [5.41, 5.74) is -3.51. The summed E-state index contributed by atoms with van der Waals surface area (Å²) >= 11 is 0. The molecule has 0 radical (unpaired) electrons. The Balaban J connectivity index is 2.55. The van der Waals surface area contributed by atoms with Gasteiger partial charge in [-0.2, -0.15) is 10.5 Å². The lowest BCUT2D eigenvalue weighted by molar-refractivity contribution is -0.142. The third kappa shape index (κ3) is 3.42. The fourth-order valence-corrected chi connectivity index (χ4v) is 3.27. The second kappa shape index (κ2) is 7.61. The molecule has 1 aromatic carbocycles. The van der Waals surface area contributed by atoms with Gasteiger partial charge in [-0.25, -0.2) is 0 Å². The van der Waals surface area contributed by atoms with Crippen LogP contribution in [0.5, 0.6) is 5.75 Å². The van der Waals surface area contributed by atoms with Crippen molar-refractivity contribution in [2.75, 3.05) is 13.7 Å². The number of benzene rings is 1. The number of rotatable bonds is 6. The fourth-order valence-electron chi connectivity index (χ4n) is 3.27.